The highest BCUT2D eigenvalue weighted by molar-refractivity contribution is 5.10. The second-order valence-electron chi connectivity index (χ2n) is 13.8. The van der Waals surface area contributed by atoms with Gasteiger partial charge < -0.3 is 10.2 Å². The van der Waals surface area contributed by atoms with Crippen LogP contribution in [0.4, 0.5) is 0 Å². The lowest BCUT2D eigenvalue weighted by Crippen LogP contribution is -2.55. The minimum atomic E-state index is -0.477. The topological polar surface area (TPSA) is 40.5 Å². The maximum Gasteiger partial charge on any atom is 0.0622 e. The first-order chi connectivity index (χ1) is 14.4. The van der Waals surface area contributed by atoms with E-state index in [1.165, 1.54) is 51.4 Å². The molecule has 0 bridgehead atoms. The summed E-state index contributed by atoms with van der Waals surface area (Å²) >= 11 is 0. The third-order valence-electron chi connectivity index (χ3n) is 11.6. The minimum Gasteiger partial charge on any atom is -0.390 e. The number of hydrogen-bond donors (Lipinski definition) is 2. The molecule has 2 N–H and O–H groups in total. The van der Waals surface area contributed by atoms with Crippen molar-refractivity contribution in [1.82, 2.24) is 0 Å². The van der Waals surface area contributed by atoms with E-state index in [1.807, 2.05) is 6.92 Å². The smallest absolute Gasteiger partial charge is 0.0622 e. The lowest BCUT2D eigenvalue weighted by atomic mass is 9.43. The molecule has 0 heterocycles. The molecule has 0 radical (unpaired) electrons. The van der Waals surface area contributed by atoms with Gasteiger partial charge in [0.2, 0.25) is 0 Å². The van der Waals surface area contributed by atoms with Crippen molar-refractivity contribution < 1.29 is 10.2 Å². The number of fused-ring (bicyclic) bond motifs is 5. The fraction of sp³-hybridized carbons (Fsp3) is 1.00. The summed E-state index contributed by atoms with van der Waals surface area (Å²) in [7, 11) is 0. The Morgan fingerprint density at radius 3 is 2.32 bits per heavy atom. The molecule has 0 aromatic carbocycles. The van der Waals surface area contributed by atoms with Crippen LogP contribution in [-0.2, 0) is 0 Å². The van der Waals surface area contributed by atoms with Crippen LogP contribution in [0.25, 0.3) is 0 Å². The van der Waals surface area contributed by atoms with Crippen molar-refractivity contribution in [2.24, 2.45) is 46.3 Å². The van der Waals surface area contributed by atoms with Gasteiger partial charge in [-0.3, -0.25) is 0 Å². The van der Waals surface area contributed by atoms with Gasteiger partial charge in [0.05, 0.1) is 11.2 Å². The zero-order chi connectivity index (χ0) is 22.7. The van der Waals surface area contributed by atoms with Crippen molar-refractivity contribution in [1.29, 1.82) is 0 Å². The first kappa shape index (κ1) is 24.1. The molecular formula is C29H52O2. The normalized spacial score (nSPS) is 50.1. The fourth-order valence-electron chi connectivity index (χ4n) is 9.81. The van der Waals surface area contributed by atoms with E-state index in [0.29, 0.717) is 10.8 Å². The minimum absolute atomic E-state index is 0.424. The third-order valence-corrected chi connectivity index (χ3v) is 11.6. The number of aliphatic hydroxyl groups is 2. The van der Waals surface area contributed by atoms with Gasteiger partial charge in [-0.25, -0.2) is 0 Å². The van der Waals surface area contributed by atoms with Crippen LogP contribution in [0.3, 0.4) is 0 Å². The summed E-state index contributed by atoms with van der Waals surface area (Å²) in [6.45, 7) is 14.1. The molecule has 4 saturated carbocycles. The Kier molecular flexibility index (Phi) is 6.44. The van der Waals surface area contributed by atoms with E-state index in [4.69, 9.17) is 0 Å². The van der Waals surface area contributed by atoms with Crippen molar-refractivity contribution in [2.75, 3.05) is 0 Å². The average molecular weight is 433 g/mol. The Balaban J connectivity index is 1.45. The summed E-state index contributed by atoms with van der Waals surface area (Å²) in [5.41, 5.74) is 0.0808. The summed E-state index contributed by atoms with van der Waals surface area (Å²) in [6.07, 6.45) is 15.9. The van der Waals surface area contributed by atoms with E-state index in [2.05, 4.69) is 34.6 Å². The van der Waals surface area contributed by atoms with Crippen LogP contribution in [0.1, 0.15) is 125 Å². The molecule has 0 spiro atoms. The molecule has 4 rings (SSSR count). The first-order valence-corrected chi connectivity index (χ1v) is 13.9. The van der Waals surface area contributed by atoms with Crippen molar-refractivity contribution >= 4 is 0 Å². The van der Waals surface area contributed by atoms with Gasteiger partial charge in [0.15, 0.2) is 0 Å². The van der Waals surface area contributed by atoms with Crippen molar-refractivity contribution in [2.45, 2.75) is 136 Å². The lowest BCUT2D eigenvalue weighted by molar-refractivity contribution is -0.148. The molecule has 0 amide bonds. The van der Waals surface area contributed by atoms with E-state index < -0.39 is 11.2 Å². The third kappa shape index (κ3) is 4.27. The molecule has 4 fully saturated rings. The zero-order valence-electron chi connectivity index (χ0n) is 21.6. The average Bonchev–Trinajstić information content (AvgIpc) is 3.04. The fourth-order valence-corrected chi connectivity index (χ4v) is 9.81. The highest BCUT2D eigenvalue weighted by Gasteiger charge is 2.61. The predicted molar refractivity (Wildman–Crippen MR) is 130 cm³/mol. The molecule has 0 saturated heterocycles. The summed E-state index contributed by atoms with van der Waals surface area (Å²) < 4.78 is 0. The summed E-state index contributed by atoms with van der Waals surface area (Å²) in [5, 5.41) is 21.4. The Labute approximate surface area is 193 Å². The van der Waals surface area contributed by atoms with Crippen LogP contribution in [0, 0.1) is 46.3 Å². The quantitative estimate of drug-likeness (QED) is 0.460. The van der Waals surface area contributed by atoms with Gasteiger partial charge in [0.1, 0.15) is 0 Å². The maximum absolute atomic E-state index is 10.7. The van der Waals surface area contributed by atoms with Crippen molar-refractivity contribution in [3.05, 3.63) is 0 Å². The largest absolute Gasteiger partial charge is 0.390 e. The van der Waals surface area contributed by atoms with Crippen LogP contribution >= 0.6 is 0 Å². The van der Waals surface area contributed by atoms with E-state index >= 15 is 0 Å². The molecule has 10 atom stereocenters. The van der Waals surface area contributed by atoms with Crippen LogP contribution in [0.2, 0.25) is 0 Å². The number of hydrogen-bond acceptors (Lipinski definition) is 2. The highest BCUT2D eigenvalue weighted by Crippen LogP contribution is 2.68. The van der Waals surface area contributed by atoms with Gasteiger partial charge in [-0.1, -0.05) is 34.1 Å². The Hall–Kier alpha value is -0.0800. The van der Waals surface area contributed by atoms with Gasteiger partial charge >= 0.3 is 0 Å². The maximum atomic E-state index is 10.7. The molecule has 180 valence electrons. The SMILES string of the molecule is CCC[C@](C)(O)CC[C@@H](C)[C@H]1CC[C@H]2[C@@H]3CC[C@@H]4C[C@@](C)(O)CC[C@]4(C)[C@H]3CC[C@]12C. The summed E-state index contributed by atoms with van der Waals surface area (Å²) in [4.78, 5) is 0. The molecular weight excluding hydrogens is 380 g/mol. The van der Waals surface area contributed by atoms with Crippen LogP contribution in [-0.4, -0.2) is 21.4 Å². The molecule has 4 aliphatic carbocycles. The van der Waals surface area contributed by atoms with Crippen LogP contribution < -0.4 is 0 Å². The standard InChI is InChI=1S/C29H52O2/c1-7-14-26(3,30)15-12-20(2)23-10-11-24-22-9-8-21-19-27(4,31)17-18-28(21,5)25(22)13-16-29(23,24)6/h20-25,30-31H,7-19H2,1-6H3/t20-,21-,22+,23-,24+,25+,26+,27+,28+,29-/m1/s1. The van der Waals surface area contributed by atoms with Crippen molar-refractivity contribution in [3.63, 3.8) is 0 Å². The highest BCUT2D eigenvalue weighted by atomic mass is 16.3. The Bertz CT molecular complexity index is 639. The Morgan fingerprint density at radius 1 is 0.903 bits per heavy atom. The van der Waals surface area contributed by atoms with Gasteiger partial charge in [-0.2, -0.15) is 0 Å². The lowest BCUT2D eigenvalue weighted by Gasteiger charge is -2.62. The molecule has 0 aromatic rings. The molecule has 0 aromatic heterocycles. The van der Waals surface area contributed by atoms with Gasteiger partial charge in [0, 0.05) is 0 Å². The predicted octanol–water partition coefficient (Wildman–Crippen LogP) is 7.36. The summed E-state index contributed by atoms with van der Waals surface area (Å²) in [5.74, 6) is 5.03. The van der Waals surface area contributed by atoms with Crippen LogP contribution in [0.15, 0.2) is 0 Å². The van der Waals surface area contributed by atoms with E-state index in [0.717, 1.165) is 67.6 Å². The van der Waals surface area contributed by atoms with Gasteiger partial charge in [-0.05, 0) is 137 Å². The second-order valence-corrected chi connectivity index (χ2v) is 13.8. The van der Waals surface area contributed by atoms with E-state index in [-0.39, 0.29) is 0 Å². The van der Waals surface area contributed by atoms with Gasteiger partial charge in [0.25, 0.3) is 0 Å². The molecule has 4 aliphatic rings. The molecule has 2 nitrogen and oxygen atoms in total. The van der Waals surface area contributed by atoms with E-state index in [9.17, 15) is 10.2 Å². The second kappa shape index (κ2) is 8.30. The molecule has 2 heteroatoms. The monoisotopic (exact) mass is 432 g/mol. The van der Waals surface area contributed by atoms with Crippen molar-refractivity contribution in [3.8, 4) is 0 Å². The molecule has 0 aliphatic heterocycles. The van der Waals surface area contributed by atoms with Crippen LogP contribution in [0.5, 0.6) is 0 Å². The molecule has 31 heavy (non-hydrogen) atoms. The van der Waals surface area contributed by atoms with Gasteiger partial charge in [-0.15, -0.1) is 0 Å². The first-order valence-electron chi connectivity index (χ1n) is 13.9. The molecule has 0 unspecified atom stereocenters. The Morgan fingerprint density at radius 2 is 1.61 bits per heavy atom. The summed E-state index contributed by atoms with van der Waals surface area (Å²) in [6, 6.07) is 0. The van der Waals surface area contributed by atoms with E-state index in [1.54, 1.807) is 0 Å². The number of rotatable bonds is 6. The zero-order valence-corrected chi connectivity index (χ0v) is 21.6.